The zero-order valence-electron chi connectivity index (χ0n) is 11.3. The van der Waals surface area contributed by atoms with Crippen molar-refractivity contribution in [1.29, 1.82) is 0 Å². The molecule has 2 heteroatoms. The SMILES string of the molecule is CCCC1CCC(NCc2ccccc2Cl)CC1. The third kappa shape index (κ3) is 4.00. The second-order valence-corrected chi connectivity index (χ2v) is 5.89. The highest BCUT2D eigenvalue weighted by Gasteiger charge is 2.20. The largest absolute Gasteiger partial charge is 0.310 e. The molecule has 1 N–H and O–H groups in total. The fraction of sp³-hybridized carbons (Fsp3) is 0.625. The number of benzene rings is 1. The van der Waals surface area contributed by atoms with Crippen molar-refractivity contribution < 1.29 is 0 Å². The smallest absolute Gasteiger partial charge is 0.0450 e. The Morgan fingerprint density at radius 1 is 1.17 bits per heavy atom. The number of nitrogens with one attached hydrogen (secondary N) is 1. The summed E-state index contributed by atoms with van der Waals surface area (Å²) in [4.78, 5) is 0. The van der Waals surface area contributed by atoms with Crippen LogP contribution in [0, 0.1) is 5.92 Å². The van der Waals surface area contributed by atoms with Gasteiger partial charge in [-0.2, -0.15) is 0 Å². The molecule has 0 bridgehead atoms. The Morgan fingerprint density at radius 2 is 1.89 bits per heavy atom. The van der Waals surface area contributed by atoms with Crippen molar-refractivity contribution in [2.24, 2.45) is 5.92 Å². The maximum absolute atomic E-state index is 6.17. The van der Waals surface area contributed by atoms with Gasteiger partial charge in [-0.3, -0.25) is 0 Å². The Kier molecular flexibility index (Phi) is 5.52. The molecule has 1 aliphatic carbocycles. The van der Waals surface area contributed by atoms with Crippen molar-refractivity contribution >= 4 is 11.6 Å². The van der Waals surface area contributed by atoms with E-state index in [1.165, 1.54) is 44.1 Å². The second-order valence-electron chi connectivity index (χ2n) is 5.48. The van der Waals surface area contributed by atoms with E-state index in [1.54, 1.807) is 0 Å². The highest BCUT2D eigenvalue weighted by molar-refractivity contribution is 6.31. The number of halogens is 1. The van der Waals surface area contributed by atoms with E-state index in [4.69, 9.17) is 11.6 Å². The van der Waals surface area contributed by atoms with Crippen LogP contribution in [0.5, 0.6) is 0 Å². The molecular weight excluding hydrogens is 242 g/mol. The number of hydrogen-bond acceptors (Lipinski definition) is 1. The van der Waals surface area contributed by atoms with Gasteiger partial charge in [0.05, 0.1) is 0 Å². The number of hydrogen-bond donors (Lipinski definition) is 1. The lowest BCUT2D eigenvalue weighted by Crippen LogP contribution is -2.32. The molecule has 1 aromatic carbocycles. The molecule has 1 nitrogen and oxygen atoms in total. The predicted octanol–water partition coefficient (Wildman–Crippen LogP) is 4.79. The fourth-order valence-corrected chi connectivity index (χ4v) is 3.16. The molecule has 0 aliphatic heterocycles. The molecule has 0 radical (unpaired) electrons. The summed E-state index contributed by atoms with van der Waals surface area (Å²) in [6.07, 6.45) is 8.20. The maximum atomic E-state index is 6.17. The summed E-state index contributed by atoms with van der Waals surface area (Å²) in [5.41, 5.74) is 1.22. The zero-order chi connectivity index (χ0) is 12.8. The minimum absolute atomic E-state index is 0.689. The third-order valence-electron chi connectivity index (χ3n) is 4.08. The van der Waals surface area contributed by atoms with Crippen LogP contribution in [0.3, 0.4) is 0 Å². The van der Waals surface area contributed by atoms with Crippen molar-refractivity contribution in [3.05, 3.63) is 34.9 Å². The molecule has 2 rings (SSSR count). The molecule has 1 aromatic rings. The van der Waals surface area contributed by atoms with Gasteiger partial charge < -0.3 is 5.32 Å². The maximum Gasteiger partial charge on any atom is 0.0450 e. The lowest BCUT2D eigenvalue weighted by molar-refractivity contribution is 0.277. The van der Waals surface area contributed by atoms with Crippen LogP contribution < -0.4 is 5.32 Å². The molecule has 1 fully saturated rings. The van der Waals surface area contributed by atoms with Crippen LogP contribution in [0.25, 0.3) is 0 Å². The quantitative estimate of drug-likeness (QED) is 0.807. The second kappa shape index (κ2) is 7.16. The molecular formula is C16H24ClN. The predicted molar refractivity (Wildman–Crippen MR) is 78.9 cm³/mol. The Balaban J connectivity index is 1.74. The van der Waals surface area contributed by atoms with Crippen molar-refractivity contribution in [2.45, 2.75) is 58.0 Å². The van der Waals surface area contributed by atoms with Crippen LogP contribution in [0.2, 0.25) is 5.02 Å². The first-order valence-corrected chi connectivity index (χ1v) is 7.64. The lowest BCUT2D eigenvalue weighted by atomic mass is 9.83. The summed E-state index contributed by atoms with van der Waals surface area (Å²) in [6.45, 7) is 3.20. The molecule has 18 heavy (non-hydrogen) atoms. The minimum Gasteiger partial charge on any atom is -0.310 e. The van der Waals surface area contributed by atoms with Gasteiger partial charge in [0.1, 0.15) is 0 Å². The van der Waals surface area contributed by atoms with E-state index in [1.807, 2.05) is 12.1 Å². The summed E-state index contributed by atoms with van der Waals surface area (Å²) in [5.74, 6) is 0.980. The highest BCUT2D eigenvalue weighted by atomic mass is 35.5. The molecule has 100 valence electrons. The first-order valence-electron chi connectivity index (χ1n) is 7.26. The van der Waals surface area contributed by atoms with Crippen LogP contribution in [-0.2, 0) is 6.54 Å². The standard InChI is InChI=1S/C16H24ClN/c1-2-5-13-8-10-15(11-9-13)18-12-14-6-3-4-7-16(14)17/h3-4,6-7,13,15,18H,2,5,8-12H2,1H3. The molecule has 0 amide bonds. The van der Waals surface area contributed by atoms with E-state index in [0.717, 1.165) is 17.5 Å². The van der Waals surface area contributed by atoms with E-state index < -0.39 is 0 Å². The van der Waals surface area contributed by atoms with Gasteiger partial charge >= 0.3 is 0 Å². The van der Waals surface area contributed by atoms with Gasteiger partial charge in [-0.05, 0) is 43.2 Å². The van der Waals surface area contributed by atoms with Gasteiger partial charge in [-0.1, -0.05) is 49.6 Å². The van der Waals surface area contributed by atoms with E-state index in [-0.39, 0.29) is 0 Å². The van der Waals surface area contributed by atoms with Gasteiger partial charge in [-0.15, -0.1) is 0 Å². The molecule has 0 atom stereocenters. The van der Waals surface area contributed by atoms with Gasteiger partial charge in [0.15, 0.2) is 0 Å². The van der Waals surface area contributed by atoms with Crippen LogP contribution in [0.1, 0.15) is 51.0 Å². The molecule has 0 unspecified atom stereocenters. The summed E-state index contributed by atoms with van der Waals surface area (Å²) < 4.78 is 0. The zero-order valence-corrected chi connectivity index (χ0v) is 12.0. The van der Waals surface area contributed by atoms with Gasteiger partial charge in [-0.25, -0.2) is 0 Å². The Labute approximate surface area is 116 Å². The summed E-state index contributed by atoms with van der Waals surface area (Å²) in [5, 5.41) is 4.54. The van der Waals surface area contributed by atoms with Crippen molar-refractivity contribution in [3.63, 3.8) is 0 Å². The van der Waals surface area contributed by atoms with Crippen molar-refractivity contribution in [3.8, 4) is 0 Å². The summed E-state index contributed by atoms with van der Waals surface area (Å²) >= 11 is 6.17. The van der Waals surface area contributed by atoms with E-state index >= 15 is 0 Å². The normalized spacial score (nSPS) is 24.1. The Hall–Kier alpha value is -0.530. The van der Waals surface area contributed by atoms with Crippen LogP contribution >= 0.6 is 11.6 Å². The van der Waals surface area contributed by atoms with Crippen molar-refractivity contribution in [1.82, 2.24) is 5.32 Å². The van der Waals surface area contributed by atoms with Gasteiger partial charge in [0, 0.05) is 17.6 Å². The minimum atomic E-state index is 0.689. The van der Waals surface area contributed by atoms with Crippen LogP contribution in [0.4, 0.5) is 0 Å². The summed E-state index contributed by atoms with van der Waals surface area (Å²) in [7, 11) is 0. The highest BCUT2D eigenvalue weighted by Crippen LogP contribution is 2.28. The topological polar surface area (TPSA) is 12.0 Å². The molecule has 1 saturated carbocycles. The summed E-state index contributed by atoms with van der Waals surface area (Å²) in [6, 6.07) is 8.81. The van der Waals surface area contributed by atoms with E-state index in [0.29, 0.717) is 6.04 Å². The molecule has 1 aliphatic rings. The first-order chi connectivity index (χ1) is 8.79. The first kappa shape index (κ1) is 13.9. The third-order valence-corrected chi connectivity index (χ3v) is 4.45. The Morgan fingerprint density at radius 3 is 2.56 bits per heavy atom. The monoisotopic (exact) mass is 265 g/mol. The van der Waals surface area contributed by atoms with Crippen molar-refractivity contribution in [2.75, 3.05) is 0 Å². The Bertz CT molecular complexity index is 356. The van der Waals surface area contributed by atoms with Gasteiger partial charge in [0.2, 0.25) is 0 Å². The fourth-order valence-electron chi connectivity index (χ4n) is 2.96. The molecule has 0 spiro atoms. The van der Waals surface area contributed by atoms with Crippen LogP contribution in [-0.4, -0.2) is 6.04 Å². The molecule has 0 aromatic heterocycles. The average Bonchev–Trinajstić information content (AvgIpc) is 2.40. The molecule has 0 saturated heterocycles. The lowest BCUT2D eigenvalue weighted by Gasteiger charge is -2.29. The number of rotatable bonds is 5. The van der Waals surface area contributed by atoms with Crippen LogP contribution in [0.15, 0.2) is 24.3 Å². The molecule has 0 heterocycles. The average molecular weight is 266 g/mol. The van der Waals surface area contributed by atoms with E-state index in [9.17, 15) is 0 Å². The van der Waals surface area contributed by atoms with E-state index in [2.05, 4.69) is 24.4 Å². The van der Waals surface area contributed by atoms with Gasteiger partial charge in [0.25, 0.3) is 0 Å².